The van der Waals surface area contributed by atoms with E-state index >= 15 is 0 Å². The first-order valence-electron chi connectivity index (χ1n) is 6.38. The van der Waals surface area contributed by atoms with Gasteiger partial charge in [-0.05, 0) is 28.5 Å². The van der Waals surface area contributed by atoms with Crippen LogP contribution in [-0.2, 0) is 16.6 Å². The van der Waals surface area contributed by atoms with Crippen LogP contribution in [-0.4, -0.2) is 8.42 Å². The third kappa shape index (κ3) is 2.78. The molecule has 0 fully saturated rings. The van der Waals surface area contributed by atoms with Crippen molar-refractivity contribution in [3.05, 3.63) is 59.5 Å². The van der Waals surface area contributed by atoms with E-state index in [1.54, 1.807) is 17.5 Å². The predicted octanol–water partition coefficient (Wildman–Crippen LogP) is 3.16. The summed E-state index contributed by atoms with van der Waals surface area (Å²) in [5.41, 5.74) is 6.92. The number of fused-ring (bicyclic) bond motifs is 1. The second kappa shape index (κ2) is 5.48. The zero-order valence-corrected chi connectivity index (χ0v) is 12.7. The first-order valence-corrected chi connectivity index (χ1v) is 8.74. The van der Waals surface area contributed by atoms with Crippen LogP contribution in [0.15, 0.2) is 58.1 Å². The maximum Gasteiger partial charge on any atom is 0.271 e. The molecule has 0 spiro atoms. The highest BCUT2D eigenvalue weighted by Gasteiger charge is 2.17. The lowest BCUT2D eigenvalue weighted by Crippen LogP contribution is -2.11. The summed E-state index contributed by atoms with van der Waals surface area (Å²) in [7, 11) is -3.58. The SMILES string of the molecule is NCc1csc(S(=O)(=O)Nc2cccc3ccccc23)c1. The average molecular weight is 318 g/mol. The Kier molecular flexibility index (Phi) is 3.67. The van der Waals surface area contributed by atoms with Gasteiger partial charge in [-0.1, -0.05) is 36.4 Å². The maximum atomic E-state index is 12.4. The van der Waals surface area contributed by atoms with E-state index in [-0.39, 0.29) is 4.21 Å². The molecule has 3 aromatic rings. The first-order chi connectivity index (χ1) is 10.1. The molecule has 0 saturated carbocycles. The van der Waals surface area contributed by atoms with Crippen LogP contribution >= 0.6 is 11.3 Å². The molecule has 0 atom stereocenters. The highest BCUT2D eigenvalue weighted by atomic mass is 32.2. The Morgan fingerprint density at radius 2 is 1.86 bits per heavy atom. The molecule has 0 bridgehead atoms. The molecule has 21 heavy (non-hydrogen) atoms. The lowest BCUT2D eigenvalue weighted by Gasteiger charge is -2.09. The van der Waals surface area contributed by atoms with Gasteiger partial charge in [-0.3, -0.25) is 4.72 Å². The predicted molar refractivity (Wildman–Crippen MR) is 87.0 cm³/mol. The van der Waals surface area contributed by atoms with Crippen molar-refractivity contribution in [2.75, 3.05) is 4.72 Å². The molecular formula is C15H14N2O2S2. The Labute approximate surface area is 127 Å². The van der Waals surface area contributed by atoms with Gasteiger partial charge in [-0.2, -0.15) is 0 Å². The highest BCUT2D eigenvalue weighted by molar-refractivity contribution is 7.94. The number of hydrogen-bond donors (Lipinski definition) is 2. The van der Waals surface area contributed by atoms with Gasteiger partial charge in [0.1, 0.15) is 4.21 Å². The fraction of sp³-hybridized carbons (Fsp3) is 0.0667. The Bertz CT molecular complexity index is 880. The fourth-order valence-corrected chi connectivity index (χ4v) is 4.41. The van der Waals surface area contributed by atoms with Crippen molar-refractivity contribution in [1.82, 2.24) is 0 Å². The monoisotopic (exact) mass is 318 g/mol. The van der Waals surface area contributed by atoms with E-state index < -0.39 is 10.0 Å². The van der Waals surface area contributed by atoms with Gasteiger partial charge in [0.15, 0.2) is 0 Å². The second-order valence-corrected chi connectivity index (χ2v) is 7.43. The fourth-order valence-electron chi connectivity index (χ4n) is 2.11. The normalized spacial score (nSPS) is 11.7. The van der Waals surface area contributed by atoms with Gasteiger partial charge in [0.2, 0.25) is 0 Å². The summed E-state index contributed by atoms with van der Waals surface area (Å²) in [5.74, 6) is 0. The Morgan fingerprint density at radius 3 is 2.62 bits per heavy atom. The smallest absolute Gasteiger partial charge is 0.271 e. The maximum absolute atomic E-state index is 12.4. The molecule has 0 aliphatic heterocycles. The lowest BCUT2D eigenvalue weighted by atomic mass is 10.1. The molecule has 0 unspecified atom stereocenters. The second-order valence-electron chi connectivity index (χ2n) is 4.61. The van der Waals surface area contributed by atoms with E-state index in [0.717, 1.165) is 16.3 Å². The number of nitrogens with one attached hydrogen (secondary N) is 1. The van der Waals surface area contributed by atoms with Gasteiger partial charge in [-0.15, -0.1) is 11.3 Å². The average Bonchev–Trinajstić information content (AvgIpc) is 2.97. The topological polar surface area (TPSA) is 72.2 Å². The van der Waals surface area contributed by atoms with Crippen molar-refractivity contribution in [3.8, 4) is 0 Å². The first kappa shape index (κ1) is 14.1. The van der Waals surface area contributed by atoms with E-state index in [2.05, 4.69) is 4.72 Å². The van der Waals surface area contributed by atoms with E-state index in [0.29, 0.717) is 12.2 Å². The zero-order valence-electron chi connectivity index (χ0n) is 11.1. The Hall–Kier alpha value is -1.89. The minimum atomic E-state index is -3.58. The molecule has 3 N–H and O–H groups in total. The number of nitrogens with two attached hydrogens (primary N) is 1. The van der Waals surface area contributed by atoms with Gasteiger partial charge in [0.25, 0.3) is 10.0 Å². The van der Waals surface area contributed by atoms with Gasteiger partial charge < -0.3 is 5.73 Å². The third-order valence-electron chi connectivity index (χ3n) is 3.16. The third-order valence-corrected chi connectivity index (χ3v) is 6.02. The number of anilines is 1. The zero-order chi connectivity index (χ0) is 14.9. The summed E-state index contributed by atoms with van der Waals surface area (Å²) >= 11 is 1.18. The molecule has 0 saturated heterocycles. The minimum Gasteiger partial charge on any atom is -0.326 e. The standard InChI is InChI=1S/C15H14N2O2S2/c16-9-11-8-15(20-10-11)21(18,19)17-14-7-3-5-12-4-1-2-6-13(12)14/h1-8,10,17H,9,16H2. The highest BCUT2D eigenvalue weighted by Crippen LogP contribution is 2.27. The number of benzene rings is 2. The molecule has 0 aliphatic rings. The molecule has 0 aliphatic carbocycles. The van der Waals surface area contributed by atoms with Crippen molar-refractivity contribution in [2.24, 2.45) is 5.73 Å². The Morgan fingerprint density at radius 1 is 1.10 bits per heavy atom. The van der Waals surface area contributed by atoms with Crippen molar-refractivity contribution in [3.63, 3.8) is 0 Å². The number of thiophene rings is 1. The lowest BCUT2D eigenvalue weighted by molar-refractivity contribution is 0.603. The van der Waals surface area contributed by atoms with Crippen LogP contribution in [0.25, 0.3) is 10.8 Å². The molecule has 3 rings (SSSR count). The van der Waals surface area contributed by atoms with Crippen LogP contribution in [0, 0.1) is 0 Å². The minimum absolute atomic E-state index is 0.274. The van der Waals surface area contributed by atoms with Crippen molar-refractivity contribution in [1.29, 1.82) is 0 Å². The molecule has 1 aromatic heterocycles. The van der Waals surface area contributed by atoms with E-state index in [9.17, 15) is 8.42 Å². The van der Waals surface area contributed by atoms with Gasteiger partial charge in [0.05, 0.1) is 5.69 Å². The molecule has 0 radical (unpaired) electrons. The van der Waals surface area contributed by atoms with E-state index in [1.807, 2.05) is 36.4 Å². The summed E-state index contributed by atoms with van der Waals surface area (Å²) in [6, 6.07) is 14.8. The summed E-state index contributed by atoms with van der Waals surface area (Å²) in [6.07, 6.45) is 0. The quantitative estimate of drug-likeness (QED) is 0.776. The molecule has 108 valence electrons. The van der Waals surface area contributed by atoms with E-state index in [4.69, 9.17) is 5.73 Å². The number of sulfonamides is 1. The molecule has 1 heterocycles. The molecule has 2 aromatic carbocycles. The number of rotatable bonds is 4. The molecule has 0 amide bonds. The summed E-state index contributed by atoms with van der Waals surface area (Å²) in [6.45, 7) is 0.334. The summed E-state index contributed by atoms with van der Waals surface area (Å²) in [5, 5.41) is 3.63. The largest absolute Gasteiger partial charge is 0.326 e. The van der Waals surface area contributed by atoms with Crippen LogP contribution in [0.1, 0.15) is 5.56 Å². The van der Waals surface area contributed by atoms with Gasteiger partial charge in [-0.25, -0.2) is 8.42 Å². The Balaban J connectivity index is 2.01. The van der Waals surface area contributed by atoms with Crippen LogP contribution in [0.5, 0.6) is 0 Å². The van der Waals surface area contributed by atoms with Gasteiger partial charge >= 0.3 is 0 Å². The van der Waals surface area contributed by atoms with Crippen LogP contribution in [0.3, 0.4) is 0 Å². The van der Waals surface area contributed by atoms with Crippen molar-refractivity contribution < 1.29 is 8.42 Å². The van der Waals surface area contributed by atoms with E-state index in [1.165, 1.54) is 11.3 Å². The molecule has 4 nitrogen and oxygen atoms in total. The summed E-state index contributed by atoms with van der Waals surface area (Å²) < 4.78 is 27.8. The molecular weight excluding hydrogens is 304 g/mol. The van der Waals surface area contributed by atoms with Crippen molar-refractivity contribution in [2.45, 2.75) is 10.8 Å². The summed E-state index contributed by atoms with van der Waals surface area (Å²) in [4.78, 5) is 0. The van der Waals surface area contributed by atoms with Gasteiger partial charge in [0, 0.05) is 11.9 Å². The molecule has 6 heteroatoms. The van der Waals surface area contributed by atoms with Crippen LogP contribution in [0.4, 0.5) is 5.69 Å². The van der Waals surface area contributed by atoms with Crippen molar-refractivity contribution >= 4 is 37.8 Å². The van der Waals surface area contributed by atoms with Crippen LogP contribution < -0.4 is 10.5 Å². The number of hydrogen-bond acceptors (Lipinski definition) is 4. The van der Waals surface area contributed by atoms with Crippen LogP contribution in [0.2, 0.25) is 0 Å².